The number of nitrogens with one attached hydrogen (secondary N) is 1. The number of fused-ring (bicyclic) bond motifs is 1. The maximum absolute atomic E-state index is 12.5. The summed E-state index contributed by atoms with van der Waals surface area (Å²) in [7, 11) is -1.99. The Morgan fingerprint density at radius 2 is 2.16 bits per heavy atom. The van der Waals surface area contributed by atoms with Crippen molar-refractivity contribution < 1.29 is 17.6 Å². The highest BCUT2D eigenvalue weighted by molar-refractivity contribution is 7.89. The van der Waals surface area contributed by atoms with Crippen LogP contribution < -0.4 is 9.46 Å². The molecule has 2 aromatic heterocycles. The predicted molar refractivity (Wildman–Crippen MR) is 94.1 cm³/mol. The first-order valence-electron chi connectivity index (χ1n) is 7.99. The van der Waals surface area contributed by atoms with Gasteiger partial charge in [-0.25, -0.2) is 13.4 Å². The molecule has 0 saturated carbocycles. The summed E-state index contributed by atoms with van der Waals surface area (Å²) >= 11 is 0. The third kappa shape index (κ3) is 3.40. The zero-order valence-corrected chi connectivity index (χ0v) is 15.4. The summed E-state index contributed by atoms with van der Waals surface area (Å²) in [6.45, 7) is 5.90. The third-order valence-corrected chi connectivity index (χ3v) is 5.36. The number of nitrogens with zero attached hydrogens (tertiary/aromatic N) is 2. The van der Waals surface area contributed by atoms with Crippen LogP contribution in [-0.2, 0) is 17.1 Å². The molecule has 7 nitrogen and oxygen atoms in total. The quantitative estimate of drug-likeness (QED) is 0.728. The molecule has 134 valence electrons. The molecule has 0 saturated heterocycles. The highest BCUT2D eigenvalue weighted by Crippen LogP contribution is 2.31. The number of aryl methyl sites for hydroxylation is 2. The van der Waals surface area contributed by atoms with Crippen LogP contribution in [0.3, 0.4) is 0 Å². The van der Waals surface area contributed by atoms with E-state index in [-0.39, 0.29) is 5.03 Å². The topological polar surface area (TPSA) is 86.4 Å². The van der Waals surface area contributed by atoms with E-state index < -0.39 is 16.1 Å². The number of hydrogen-bond acceptors (Lipinski definition) is 5. The Balaban J connectivity index is 1.89. The van der Waals surface area contributed by atoms with Crippen molar-refractivity contribution in [2.45, 2.75) is 31.8 Å². The monoisotopic (exact) mass is 363 g/mol. The van der Waals surface area contributed by atoms with Crippen LogP contribution >= 0.6 is 0 Å². The van der Waals surface area contributed by atoms with E-state index in [1.54, 1.807) is 25.5 Å². The van der Waals surface area contributed by atoms with Crippen molar-refractivity contribution in [1.29, 1.82) is 0 Å². The summed E-state index contributed by atoms with van der Waals surface area (Å²) in [5.41, 5.74) is 0.610. The van der Waals surface area contributed by atoms with E-state index in [1.807, 2.05) is 31.2 Å². The molecular formula is C17H21N3O4S. The molecule has 0 aliphatic rings. The van der Waals surface area contributed by atoms with Gasteiger partial charge in [0.05, 0.1) is 12.6 Å². The van der Waals surface area contributed by atoms with E-state index in [1.165, 1.54) is 6.20 Å². The van der Waals surface area contributed by atoms with E-state index in [0.29, 0.717) is 29.5 Å². The molecule has 0 radical (unpaired) electrons. The number of sulfonamides is 1. The van der Waals surface area contributed by atoms with Gasteiger partial charge in [0.15, 0.2) is 16.4 Å². The third-order valence-electron chi connectivity index (χ3n) is 3.95. The van der Waals surface area contributed by atoms with Gasteiger partial charge in [-0.1, -0.05) is 12.1 Å². The van der Waals surface area contributed by atoms with E-state index in [0.717, 1.165) is 5.39 Å². The van der Waals surface area contributed by atoms with Gasteiger partial charge in [-0.3, -0.25) is 0 Å². The number of ether oxygens (including phenoxy) is 1. The van der Waals surface area contributed by atoms with Crippen LogP contribution in [0.4, 0.5) is 0 Å². The standard InChI is InChI=1S/C17H21N3O4S/c1-5-23-14-8-6-7-13-9-15(24-17(13)14)11(2)19-25(21,22)16-10-20(4)12(3)18-16/h6-11,19H,5H2,1-4H3. The number of hydrogen-bond donors (Lipinski definition) is 1. The molecule has 3 aromatic rings. The zero-order valence-electron chi connectivity index (χ0n) is 14.6. The minimum Gasteiger partial charge on any atom is -0.490 e. The molecule has 1 unspecified atom stereocenters. The van der Waals surface area contributed by atoms with Gasteiger partial charge in [-0.15, -0.1) is 0 Å². The van der Waals surface area contributed by atoms with Crippen LogP contribution in [0.1, 0.15) is 31.5 Å². The first-order chi connectivity index (χ1) is 11.8. The second-order valence-corrected chi connectivity index (χ2v) is 7.50. The van der Waals surface area contributed by atoms with Gasteiger partial charge in [0.1, 0.15) is 11.6 Å². The van der Waals surface area contributed by atoms with Crippen LogP contribution in [0, 0.1) is 6.92 Å². The van der Waals surface area contributed by atoms with Gasteiger partial charge in [0.25, 0.3) is 10.0 Å². The minimum atomic E-state index is -3.74. The second-order valence-electron chi connectivity index (χ2n) is 5.84. The highest BCUT2D eigenvalue weighted by atomic mass is 32.2. The van der Waals surface area contributed by atoms with E-state index in [9.17, 15) is 8.42 Å². The molecule has 3 rings (SSSR count). The number of furan rings is 1. The molecule has 25 heavy (non-hydrogen) atoms. The Bertz CT molecular complexity index is 985. The number of para-hydroxylation sites is 1. The lowest BCUT2D eigenvalue weighted by molar-refractivity contribution is 0.336. The van der Waals surface area contributed by atoms with Crippen molar-refractivity contribution in [1.82, 2.24) is 14.3 Å². The summed E-state index contributed by atoms with van der Waals surface area (Å²) in [6.07, 6.45) is 1.48. The van der Waals surface area contributed by atoms with Crippen molar-refractivity contribution in [3.8, 4) is 5.75 Å². The molecule has 8 heteroatoms. The number of imidazole rings is 1. The average molecular weight is 363 g/mol. The summed E-state index contributed by atoms with van der Waals surface area (Å²) in [5.74, 6) is 1.78. The number of benzene rings is 1. The van der Waals surface area contributed by atoms with Crippen LogP contribution in [0.15, 0.2) is 39.9 Å². The van der Waals surface area contributed by atoms with Crippen molar-refractivity contribution >= 4 is 21.0 Å². The van der Waals surface area contributed by atoms with Gasteiger partial charge in [-0.05, 0) is 32.9 Å². The summed E-state index contributed by atoms with van der Waals surface area (Å²) in [5, 5.41) is 0.853. The molecule has 0 aliphatic carbocycles. The van der Waals surface area contributed by atoms with Gasteiger partial charge in [0, 0.05) is 18.6 Å². The first kappa shape index (κ1) is 17.5. The van der Waals surface area contributed by atoms with Crippen LogP contribution in [0.2, 0.25) is 0 Å². The molecular weight excluding hydrogens is 342 g/mol. The van der Waals surface area contributed by atoms with Crippen molar-refractivity contribution in [3.05, 3.63) is 42.0 Å². The van der Waals surface area contributed by atoms with Crippen LogP contribution in [-0.4, -0.2) is 24.6 Å². The van der Waals surface area contributed by atoms with Gasteiger partial charge in [0.2, 0.25) is 0 Å². The Kier molecular flexibility index (Phi) is 4.57. The zero-order chi connectivity index (χ0) is 18.2. The predicted octanol–water partition coefficient (Wildman–Crippen LogP) is 2.91. The smallest absolute Gasteiger partial charge is 0.260 e. The van der Waals surface area contributed by atoms with E-state index in [4.69, 9.17) is 9.15 Å². The van der Waals surface area contributed by atoms with E-state index in [2.05, 4.69) is 9.71 Å². The van der Waals surface area contributed by atoms with E-state index >= 15 is 0 Å². The maximum Gasteiger partial charge on any atom is 0.260 e. The summed E-state index contributed by atoms with van der Waals surface area (Å²) in [4.78, 5) is 4.07. The minimum absolute atomic E-state index is 0.00883. The number of rotatable bonds is 6. The molecule has 0 spiro atoms. The van der Waals surface area contributed by atoms with Crippen LogP contribution in [0.25, 0.3) is 11.0 Å². The summed E-state index contributed by atoms with van der Waals surface area (Å²) in [6, 6.07) is 6.86. The largest absolute Gasteiger partial charge is 0.490 e. The average Bonchev–Trinajstić information content (AvgIpc) is 3.12. The van der Waals surface area contributed by atoms with Gasteiger partial charge >= 0.3 is 0 Å². The Morgan fingerprint density at radius 1 is 1.40 bits per heavy atom. The molecule has 1 atom stereocenters. The SMILES string of the molecule is CCOc1cccc2cc(C(C)NS(=O)(=O)c3cn(C)c(C)n3)oc12. The molecule has 0 aliphatic heterocycles. The first-order valence-corrected chi connectivity index (χ1v) is 9.47. The lowest BCUT2D eigenvalue weighted by Crippen LogP contribution is -2.27. The number of aromatic nitrogens is 2. The molecule has 1 aromatic carbocycles. The van der Waals surface area contributed by atoms with Gasteiger partial charge < -0.3 is 13.7 Å². The molecule has 1 N–H and O–H groups in total. The fourth-order valence-corrected chi connectivity index (χ4v) is 3.80. The van der Waals surface area contributed by atoms with Crippen molar-refractivity contribution in [2.24, 2.45) is 7.05 Å². The van der Waals surface area contributed by atoms with Crippen LogP contribution in [0.5, 0.6) is 5.75 Å². The Labute approximate surface area is 146 Å². The Morgan fingerprint density at radius 3 is 2.80 bits per heavy atom. The Hall–Kier alpha value is -2.32. The molecule has 0 amide bonds. The molecule has 2 heterocycles. The lowest BCUT2D eigenvalue weighted by atomic mass is 10.2. The second kappa shape index (κ2) is 6.53. The fraction of sp³-hybridized carbons (Fsp3) is 0.353. The maximum atomic E-state index is 12.5. The normalized spacial score (nSPS) is 13.3. The lowest BCUT2D eigenvalue weighted by Gasteiger charge is -2.10. The molecule has 0 fully saturated rings. The highest BCUT2D eigenvalue weighted by Gasteiger charge is 2.24. The van der Waals surface area contributed by atoms with Crippen molar-refractivity contribution in [2.75, 3.05) is 6.61 Å². The van der Waals surface area contributed by atoms with Gasteiger partial charge in [-0.2, -0.15) is 4.72 Å². The van der Waals surface area contributed by atoms with Crippen molar-refractivity contribution in [3.63, 3.8) is 0 Å². The fourth-order valence-electron chi connectivity index (χ4n) is 2.55. The summed E-state index contributed by atoms with van der Waals surface area (Å²) < 4.78 is 40.7. The molecule has 0 bridgehead atoms.